The van der Waals surface area contributed by atoms with Crippen LogP contribution in [0.4, 0.5) is 0 Å². The Labute approximate surface area is 137 Å². The molecule has 1 amide bonds. The van der Waals surface area contributed by atoms with Crippen molar-refractivity contribution >= 4 is 17.5 Å². The maximum Gasteiger partial charge on any atom is 0.305 e. The van der Waals surface area contributed by atoms with E-state index in [-0.39, 0.29) is 12.0 Å². The number of amides is 1. The number of carbonyl (C=O) groups excluding carboxylic acids is 1. The standard InChI is InChI=1S/C16H17N3O5/c20-13(21)9-16(4-7-24-8-5-16)18-14(22)11-10-17-12-3-1-2-6-19(12)15(11)23/h1-3,6,10H,4-5,7-9H2,(H,18,22)(H,20,21). The lowest BCUT2D eigenvalue weighted by Crippen LogP contribution is -2.54. The van der Waals surface area contributed by atoms with Gasteiger partial charge in [-0.1, -0.05) is 6.07 Å². The number of fused-ring (bicyclic) bond motifs is 1. The Kier molecular flexibility index (Phi) is 4.30. The van der Waals surface area contributed by atoms with Gasteiger partial charge in [0.05, 0.1) is 12.0 Å². The minimum Gasteiger partial charge on any atom is -0.481 e. The van der Waals surface area contributed by atoms with Crippen LogP contribution in [0, 0.1) is 0 Å². The second kappa shape index (κ2) is 6.40. The van der Waals surface area contributed by atoms with Crippen molar-refractivity contribution < 1.29 is 19.4 Å². The quantitative estimate of drug-likeness (QED) is 0.841. The summed E-state index contributed by atoms with van der Waals surface area (Å²) in [5.41, 5.74) is -1.08. The average molecular weight is 331 g/mol. The van der Waals surface area contributed by atoms with Gasteiger partial charge < -0.3 is 15.2 Å². The molecule has 0 aliphatic carbocycles. The third-order valence-corrected chi connectivity index (χ3v) is 4.18. The molecule has 0 bridgehead atoms. The van der Waals surface area contributed by atoms with E-state index in [1.54, 1.807) is 18.2 Å². The molecule has 1 saturated heterocycles. The molecule has 0 spiro atoms. The molecule has 2 N–H and O–H groups in total. The number of hydrogen-bond donors (Lipinski definition) is 2. The van der Waals surface area contributed by atoms with Gasteiger partial charge in [-0.2, -0.15) is 0 Å². The number of ether oxygens (including phenoxy) is 1. The van der Waals surface area contributed by atoms with Crippen LogP contribution in [-0.2, 0) is 9.53 Å². The van der Waals surface area contributed by atoms with E-state index in [1.165, 1.54) is 16.8 Å². The molecule has 2 aromatic heterocycles. The van der Waals surface area contributed by atoms with E-state index >= 15 is 0 Å². The first kappa shape index (κ1) is 16.1. The highest BCUT2D eigenvalue weighted by molar-refractivity contribution is 5.94. The molecule has 1 aliphatic rings. The predicted molar refractivity (Wildman–Crippen MR) is 84.0 cm³/mol. The van der Waals surface area contributed by atoms with Crippen LogP contribution < -0.4 is 10.9 Å². The molecule has 8 heteroatoms. The van der Waals surface area contributed by atoms with Crippen molar-refractivity contribution in [2.45, 2.75) is 24.8 Å². The summed E-state index contributed by atoms with van der Waals surface area (Å²) in [6.45, 7) is 0.727. The smallest absolute Gasteiger partial charge is 0.305 e. The largest absolute Gasteiger partial charge is 0.481 e. The van der Waals surface area contributed by atoms with Gasteiger partial charge >= 0.3 is 5.97 Å². The van der Waals surface area contributed by atoms with Crippen molar-refractivity contribution in [1.29, 1.82) is 0 Å². The molecular formula is C16H17N3O5. The Bertz CT molecular complexity index is 839. The van der Waals surface area contributed by atoms with Crippen LogP contribution >= 0.6 is 0 Å². The van der Waals surface area contributed by atoms with Gasteiger partial charge in [0.25, 0.3) is 11.5 Å². The summed E-state index contributed by atoms with van der Waals surface area (Å²) in [6.07, 6.45) is 3.30. The fourth-order valence-corrected chi connectivity index (χ4v) is 2.89. The number of hydrogen-bond acceptors (Lipinski definition) is 5. The van der Waals surface area contributed by atoms with E-state index in [0.29, 0.717) is 31.7 Å². The van der Waals surface area contributed by atoms with Crippen molar-refractivity contribution in [1.82, 2.24) is 14.7 Å². The van der Waals surface area contributed by atoms with Crippen molar-refractivity contribution in [2.75, 3.05) is 13.2 Å². The third-order valence-electron chi connectivity index (χ3n) is 4.18. The van der Waals surface area contributed by atoms with Gasteiger partial charge in [0, 0.05) is 25.6 Å². The number of nitrogens with zero attached hydrogens (tertiary/aromatic N) is 2. The predicted octanol–water partition coefficient (Wildman–Crippen LogP) is 0.448. The molecule has 0 saturated carbocycles. The minimum absolute atomic E-state index is 0.116. The van der Waals surface area contributed by atoms with Crippen LogP contribution in [-0.4, -0.2) is 45.1 Å². The first-order chi connectivity index (χ1) is 11.5. The minimum atomic E-state index is -1.01. The van der Waals surface area contributed by atoms with Crippen LogP contribution in [0.3, 0.4) is 0 Å². The first-order valence-corrected chi connectivity index (χ1v) is 7.59. The summed E-state index contributed by atoms with van der Waals surface area (Å²) < 4.78 is 6.53. The van der Waals surface area contributed by atoms with E-state index in [2.05, 4.69) is 10.3 Å². The van der Waals surface area contributed by atoms with Gasteiger partial charge in [0.2, 0.25) is 0 Å². The number of rotatable bonds is 4. The first-order valence-electron chi connectivity index (χ1n) is 7.59. The second-order valence-electron chi connectivity index (χ2n) is 5.82. The number of carbonyl (C=O) groups is 2. The summed E-state index contributed by atoms with van der Waals surface area (Å²) in [7, 11) is 0. The zero-order valence-corrected chi connectivity index (χ0v) is 12.9. The SMILES string of the molecule is O=C(O)CC1(NC(=O)c2cnc3ccccn3c2=O)CCOCC1. The Hall–Kier alpha value is -2.74. The lowest BCUT2D eigenvalue weighted by Gasteiger charge is -2.36. The maximum absolute atomic E-state index is 12.6. The van der Waals surface area contributed by atoms with Gasteiger partial charge in [-0.3, -0.25) is 18.8 Å². The molecule has 24 heavy (non-hydrogen) atoms. The van der Waals surface area contributed by atoms with Crippen molar-refractivity contribution in [3.63, 3.8) is 0 Å². The molecule has 0 atom stereocenters. The fraction of sp³-hybridized carbons (Fsp3) is 0.375. The van der Waals surface area contributed by atoms with E-state index in [9.17, 15) is 14.4 Å². The second-order valence-corrected chi connectivity index (χ2v) is 5.82. The summed E-state index contributed by atoms with van der Waals surface area (Å²) >= 11 is 0. The van der Waals surface area contributed by atoms with Gasteiger partial charge in [0.15, 0.2) is 0 Å². The van der Waals surface area contributed by atoms with Gasteiger partial charge in [-0.15, -0.1) is 0 Å². The Morgan fingerprint density at radius 1 is 1.33 bits per heavy atom. The van der Waals surface area contributed by atoms with Gasteiger partial charge in [-0.25, -0.2) is 4.98 Å². The monoisotopic (exact) mass is 331 g/mol. The summed E-state index contributed by atoms with van der Waals surface area (Å²) in [5.74, 6) is -1.63. The highest BCUT2D eigenvalue weighted by atomic mass is 16.5. The van der Waals surface area contributed by atoms with Crippen molar-refractivity contribution in [2.24, 2.45) is 0 Å². The van der Waals surface area contributed by atoms with E-state index < -0.39 is 23.0 Å². The summed E-state index contributed by atoms with van der Waals surface area (Å²) in [5, 5.41) is 11.9. The molecule has 1 fully saturated rings. The Morgan fingerprint density at radius 3 is 2.79 bits per heavy atom. The Morgan fingerprint density at radius 2 is 2.08 bits per heavy atom. The lowest BCUT2D eigenvalue weighted by molar-refractivity contribution is -0.139. The van der Waals surface area contributed by atoms with Crippen LogP contribution in [0.1, 0.15) is 29.6 Å². The molecule has 3 rings (SSSR count). The number of nitrogens with one attached hydrogen (secondary N) is 1. The van der Waals surface area contributed by atoms with Crippen LogP contribution in [0.25, 0.3) is 5.65 Å². The number of aliphatic carboxylic acids is 1. The van der Waals surface area contributed by atoms with Gasteiger partial charge in [-0.05, 0) is 25.0 Å². The number of pyridine rings is 1. The normalized spacial score (nSPS) is 16.7. The average Bonchev–Trinajstić information content (AvgIpc) is 2.55. The molecule has 3 heterocycles. The summed E-state index contributed by atoms with van der Waals surface area (Å²) in [6, 6.07) is 5.07. The molecule has 1 aliphatic heterocycles. The highest BCUT2D eigenvalue weighted by Crippen LogP contribution is 2.25. The zero-order valence-electron chi connectivity index (χ0n) is 12.9. The lowest BCUT2D eigenvalue weighted by atomic mass is 9.86. The molecule has 0 radical (unpaired) electrons. The fourth-order valence-electron chi connectivity index (χ4n) is 2.89. The van der Waals surface area contributed by atoms with Crippen LogP contribution in [0.5, 0.6) is 0 Å². The molecule has 2 aromatic rings. The van der Waals surface area contributed by atoms with Crippen molar-refractivity contribution in [3.05, 3.63) is 46.5 Å². The number of aromatic nitrogens is 2. The van der Waals surface area contributed by atoms with Gasteiger partial charge in [0.1, 0.15) is 11.2 Å². The number of carboxylic acids is 1. The summed E-state index contributed by atoms with van der Waals surface area (Å²) in [4.78, 5) is 40.3. The Balaban J connectivity index is 1.92. The zero-order chi connectivity index (χ0) is 17.2. The van der Waals surface area contributed by atoms with E-state index in [0.717, 1.165) is 0 Å². The molecule has 0 unspecified atom stereocenters. The molecule has 126 valence electrons. The topological polar surface area (TPSA) is 110 Å². The number of carboxylic acid groups (broad SMARTS) is 1. The van der Waals surface area contributed by atoms with E-state index in [4.69, 9.17) is 9.84 Å². The molecule has 0 aromatic carbocycles. The van der Waals surface area contributed by atoms with Crippen LogP contribution in [0.2, 0.25) is 0 Å². The van der Waals surface area contributed by atoms with E-state index in [1.807, 2.05) is 0 Å². The molecule has 8 nitrogen and oxygen atoms in total. The van der Waals surface area contributed by atoms with Crippen LogP contribution in [0.15, 0.2) is 35.4 Å². The maximum atomic E-state index is 12.6. The van der Waals surface area contributed by atoms with Crippen molar-refractivity contribution in [3.8, 4) is 0 Å². The highest BCUT2D eigenvalue weighted by Gasteiger charge is 2.37. The molecular weight excluding hydrogens is 314 g/mol. The third kappa shape index (κ3) is 3.13.